The Labute approximate surface area is 131 Å². The van der Waals surface area contributed by atoms with Crippen molar-refractivity contribution in [2.24, 2.45) is 5.73 Å². The number of anilines is 1. The van der Waals surface area contributed by atoms with E-state index in [1.807, 2.05) is 4.72 Å². The van der Waals surface area contributed by atoms with E-state index in [1.54, 1.807) is 0 Å². The summed E-state index contributed by atoms with van der Waals surface area (Å²) in [5, 5.41) is 0. The number of sulfonamides is 1. The normalized spacial score (nSPS) is 11.7. The van der Waals surface area contributed by atoms with Crippen molar-refractivity contribution in [1.82, 2.24) is 0 Å². The van der Waals surface area contributed by atoms with Crippen molar-refractivity contribution in [1.29, 1.82) is 0 Å². The maximum atomic E-state index is 13.5. The maximum absolute atomic E-state index is 13.5. The van der Waals surface area contributed by atoms with Crippen LogP contribution in [0.3, 0.4) is 0 Å². The molecule has 0 aliphatic heterocycles. The summed E-state index contributed by atoms with van der Waals surface area (Å²) in [5.41, 5.74) is 4.73. The van der Waals surface area contributed by atoms with Crippen LogP contribution in [0.1, 0.15) is 4.88 Å². The Hall–Kier alpha value is -1.10. The number of thiophene rings is 1. The minimum Gasteiger partial charge on any atom is -0.326 e. The van der Waals surface area contributed by atoms with Crippen LogP contribution < -0.4 is 10.5 Å². The highest BCUT2D eigenvalue weighted by Crippen LogP contribution is 2.33. The first kappa shape index (κ1) is 16.3. The molecule has 2 rings (SSSR count). The van der Waals surface area contributed by atoms with Gasteiger partial charge in [-0.05, 0) is 22.0 Å². The number of nitrogens with two attached hydrogens (primary N) is 1. The summed E-state index contributed by atoms with van der Waals surface area (Å²) < 4.78 is 65.8. The monoisotopic (exact) mass is 400 g/mol. The van der Waals surface area contributed by atoms with Gasteiger partial charge in [0.05, 0.1) is 9.47 Å². The fraction of sp³-hybridized carbons (Fsp3) is 0.0909. The van der Waals surface area contributed by atoms with Gasteiger partial charge in [0.25, 0.3) is 10.0 Å². The Balaban J connectivity index is 2.42. The highest BCUT2D eigenvalue weighted by Gasteiger charge is 2.23. The van der Waals surface area contributed by atoms with Crippen LogP contribution in [0.4, 0.5) is 18.9 Å². The van der Waals surface area contributed by atoms with Crippen molar-refractivity contribution in [2.45, 2.75) is 11.4 Å². The Kier molecular flexibility index (Phi) is 4.61. The summed E-state index contributed by atoms with van der Waals surface area (Å²) in [7, 11) is -4.16. The molecule has 3 N–H and O–H groups in total. The third-order valence-electron chi connectivity index (χ3n) is 2.45. The van der Waals surface area contributed by atoms with Crippen LogP contribution >= 0.6 is 27.3 Å². The van der Waals surface area contributed by atoms with Crippen molar-refractivity contribution < 1.29 is 21.6 Å². The highest BCUT2D eigenvalue weighted by atomic mass is 79.9. The molecule has 4 nitrogen and oxygen atoms in total. The summed E-state index contributed by atoms with van der Waals surface area (Å²) in [6, 6.07) is 2.02. The van der Waals surface area contributed by atoms with Crippen molar-refractivity contribution >= 4 is 43.0 Å². The average molecular weight is 401 g/mol. The summed E-state index contributed by atoms with van der Waals surface area (Å²) in [4.78, 5) is 0.435. The molecule has 0 saturated carbocycles. The number of hydrogen-bond acceptors (Lipinski definition) is 4. The van der Waals surface area contributed by atoms with Gasteiger partial charge in [0.1, 0.15) is 10.7 Å². The first-order valence-corrected chi connectivity index (χ1v) is 8.49. The Morgan fingerprint density at radius 1 is 1.14 bits per heavy atom. The second-order valence-corrected chi connectivity index (χ2v) is 8.01. The van der Waals surface area contributed by atoms with E-state index >= 15 is 0 Å². The molecular formula is C11H8BrF3N2O2S2. The van der Waals surface area contributed by atoms with Gasteiger partial charge in [0.15, 0.2) is 11.6 Å². The van der Waals surface area contributed by atoms with Gasteiger partial charge in [-0.25, -0.2) is 21.6 Å². The predicted molar refractivity (Wildman–Crippen MR) is 77.0 cm³/mol. The third kappa shape index (κ3) is 3.39. The van der Waals surface area contributed by atoms with E-state index in [4.69, 9.17) is 5.73 Å². The van der Waals surface area contributed by atoms with E-state index in [2.05, 4.69) is 15.9 Å². The number of benzene rings is 1. The van der Waals surface area contributed by atoms with Crippen molar-refractivity contribution in [3.8, 4) is 0 Å². The van der Waals surface area contributed by atoms with E-state index in [0.29, 0.717) is 10.9 Å². The first-order valence-electron chi connectivity index (χ1n) is 5.40. The van der Waals surface area contributed by atoms with Gasteiger partial charge in [0.2, 0.25) is 0 Å². The quantitative estimate of drug-likeness (QED) is 0.774. The van der Waals surface area contributed by atoms with Gasteiger partial charge in [-0.3, -0.25) is 4.72 Å². The predicted octanol–water partition coefficient (Wildman–Crippen LogP) is 3.19. The van der Waals surface area contributed by atoms with Crippen LogP contribution in [0.15, 0.2) is 26.9 Å². The maximum Gasteiger partial charge on any atom is 0.263 e. The van der Waals surface area contributed by atoms with Crippen LogP contribution in [-0.2, 0) is 16.6 Å². The SMILES string of the molecule is NCc1cc(S(=O)(=O)Nc2cc(F)c(F)cc2F)c(Br)s1. The fourth-order valence-corrected chi connectivity index (χ4v) is 5.10. The van der Waals surface area contributed by atoms with Crippen molar-refractivity contribution in [2.75, 3.05) is 4.72 Å². The van der Waals surface area contributed by atoms with Gasteiger partial charge in [0, 0.05) is 23.6 Å². The molecule has 10 heteroatoms. The number of nitrogens with one attached hydrogen (secondary N) is 1. The van der Waals surface area contributed by atoms with Gasteiger partial charge >= 0.3 is 0 Å². The Morgan fingerprint density at radius 2 is 1.76 bits per heavy atom. The lowest BCUT2D eigenvalue weighted by atomic mass is 10.3. The number of hydrogen-bond donors (Lipinski definition) is 2. The van der Waals surface area contributed by atoms with Crippen LogP contribution in [0.25, 0.3) is 0 Å². The Bertz CT molecular complexity index is 793. The zero-order valence-electron chi connectivity index (χ0n) is 10.2. The molecule has 21 heavy (non-hydrogen) atoms. The molecule has 0 bridgehead atoms. The lowest BCUT2D eigenvalue weighted by molar-refractivity contribution is 0.496. The fourth-order valence-electron chi connectivity index (χ4n) is 1.48. The van der Waals surface area contributed by atoms with E-state index < -0.39 is 33.2 Å². The smallest absolute Gasteiger partial charge is 0.263 e. The standard InChI is InChI=1S/C11H8BrF3N2O2S2/c12-11-10(1-5(4-16)20-11)21(18,19)17-9-3-7(14)6(13)2-8(9)15/h1-3,17H,4,16H2. The molecule has 0 aliphatic carbocycles. The van der Waals surface area contributed by atoms with E-state index in [9.17, 15) is 21.6 Å². The minimum absolute atomic E-state index is 0.137. The molecule has 2 aromatic rings. The molecule has 1 aromatic carbocycles. The number of rotatable bonds is 4. The molecular weight excluding hydrogens is 393 g/mol. The zero-order chi connectivity index (χ0) is 15.8. The highest BCUT2D eigenvalue weighted by molar-refractivity contribution is 9.11. The molecule has 0 aliphatic rings. The summed E-state index contributed by atoms with van der Waals surface area (Å²) in [5.74, 6) is -3.98. The molecule has 0 atom stereocenters. The second-order valence-electron chi connectivity index (χ2n) is 3.91. The van der Waals surface area contributed by atoms with E-state index in [-0.39, 0.29) is 21.3 Å². The largest absolute Gasteiger partial charge is 0.326 e. The lowest BCUT2D eigenvalue weighted by Crippen LogP contribution is -2.14. The number of halogens is 4. The van der Waals surface area contributed by atoms with Gasteiger partial charge in [-0.1, -0.05) is 0 Å². The first-order chi connectivity index (χ1) is 9.74. The third-order valence-corrected chi connectivity index (χ3v) is 6.09. The lowest BCUT2D eigenvalue weighted by Gasteiger charge is -2.08. The van der Waals surface area contributed by atoms with Crippen LogP contribution in [0.2, 0.25) is 0 Å². The zero-order valence-corrected chi connectivity index (χ0v) is 13.4. The molecule has 0 unspecified atom stereocenters. The average Bonchev–Trinajstić information content (AvgIpc) is 2.78. The van der Waals surface area contributed by atoms with E-state index in [1.165, 1.54) is 6.07 Å². The molecule has 1 heterocycles. The summed E-state index contributed by atoms with van der Waals surface area (Å²) in [6.07, 6.45) is 0. The van der Waals surface area contributed by atoms with E-state index in [0.717, 1.165) is 11.3 Å². The Morgan fingerprint density at radius 3 is 2.33 bits per heavy atom. The molecule has 114 valence electrons. The topological polar surface area (TPSA) is 72.2 Å². The van der Waals surface area contributed by atoms with Gasteiger partial charge < -0.3 is 5.73 Å². The van der Waals surface area contributed by atoms with Crippen molar-refractivity contribution in [3.63, 3.8) is 0 Å². The summed E-state index contributed by atoms with van der Waals surface area (Å²) >= 11 is 4.17. The minimum atomic E-state index is -4.16. The molecule has 1 aromatic heterocycles. The second kappa shape index (κ2) is 5.95. The van der Waals surface area contributed by atoms with Gasteiger partial charge in [-0.15, -0.1) is 11.3 Å². The molecule has 0 spiro atoms. The molecule has 0 amide bonds. The van der Waals surface area contributed by atoms with Crippen LogP contribution in [-0.4, -0.2) is 8.42 Å². The van der Waals surface area contributed by atoms with Crippen LogP contribution in [0.5, 0.6) is 0 Å². The summed E-state index contributed by atoms with van der Waals surface area (Å²) in [6.45, 7) is 0.137. The molecule has 0 radical (unpaired) electrons. The van der Waals surface area contributed by atoms with Crippen molar-refractivity contribution in [3.05, 3.63) is 44.3 Å². The molecule has 0 fully saturated rings. The molecule has 0 saturated heterocycles. The van der Waals surface area contributed by atoms with Crippen LogP contribution in [0, 0.1) is 17.5 Å². The van der Waals surface area contributed by atoms with Gasteiger partial charge in [-0.2, -0.15) is 0 Å².